The maximum atomic E-state index is 12.2. The summed E-state index contributed by atoms with van der Waals surface area (Å²) in [7, 11) is 1.63. The summed E-state index contributed by atoms with van der Waals surface area (Å²) in [5, 5.41) is 2.83. The number of ether oxygens (including phenoxy) is 3. The maximum Gasteiger partial charge on any atom is 0.265 e. The SMILES string of the molecule is COCCOc1ccc(NC(=O)C(C)Oc2ccccc2C)cc1. The predicted octanol–water partition coefficient (Wildman–Crippen LogP) is 3.43. The van der Waals surface area contributed by atoms with E-state index in [1.165, 1.54) is 0 Å². The molecule has 2 aromatic carbocycles. The second kappa shape index (κ2) is 8.93. The number of methoxy groups -OCH3 is 1. The molecule has 0 heterocycles. The lowest BCUT2D eigenvalue weighted by Gasteiger charge is -2.16. The molecule has 2 aromatic rings. The summed E-state index contributed by atoms with van der Waals surface area (Å²) < 4.78 is 16.1. The molecule has 1 unspecified atom stereocenters. The van der Waals surface area contributed by atoms with Crippen LogP contribution in [0.4, 0.5) is 5.69 Å². The first kappa shape index (κ1) is 17.8. The van der Waals surface area contributed by atoms with Gasteiger partial charge >= 0.3 is 0 Å². The Labute approximate surface area is 142 Å². The summed E-state index contributed by atoms with van der Waals surface area (Å²) in [6, 6.07) is 14.8. The number of anilines is 1. The third-order valence-corrected chi connectivity index (χ3v) is 3.44. The van der Waals surface area contributed by atoms with Crippen molar-refractivity contribution in [1.29, 1.82) is 0 Å². The van der Waals surface area contributed by atoms with Crippen LogP contribution in [0.5, 0.6) is 11.5 Å². The van der Waals surface area contributed by atoms with Gasteiger partial charge in [0, 0.05) is 12.8 Å². The van der Waals surface area contributed by atoms with Crippen LogP contribution >= 0.6 is 0 Å². The van der Waals surface area contributed by atoms with Gasteiger partial charge in [0.25, 0.3) is 5.91 Å². The fourth-order valence-corrected chi connectivity index (χ4v) is 2.05. The van der Waals surface area contributed by atoms with Gasteiger partial charge in [-0.15, -0.1) is 0 Å². The van der Waals surface area contributed by atoms with Crippen LogP contribution in [0, 0.1) is 6.92 Å². The van der Waals surface area contributed by atoms with Crippen LogP contribution in [0.2, 0.25) is 0 Å². The van der Waals surface area contributed by atoms with Gasteiger partial charge in [-0.2, -0.15) is 0 Å². The van der Waals surface area contributed by atoms with Crippen LogP contribution in [0.25, 0.3) is 0 Å². The highest BCUT2D eigenvalue weighted by atomic mass is 16.5. The van der Waals surface area contributed by atoms with Crippen molar-refractivity contribution < 1.29 is 19.0 Å². The monoisotopic (exact) mass is 329 g/mol. The molecule has 0 radical (unpaired) electrons. The minimum Gasteiger partial charge on any atom is -0.491 e. The van der Waals surface area contributed by atoms with Crippen LogP contribution in [0.3, 0.4) is 0 Å². The summed E-state index contributed by atoms with van der Waals surface area (Å²) in [4.78, 5) is 12.2. The zero-order valence-corrected chi connectivity index (χ0v) is 14.2. The minimum atomic E-state index is -0.594. The smallest absolute Gasteiger partial charge is 0.265 e. The number of amides is 1. The molecule has 1 amide bonds. The second-order valence-corrected chi connectivity index (χ2v) is 5.38. The van der Waals surface area contributed by atoms with Gasteiger partial charge < -0.3 is 19.5 Å². The van der Waals surface area contributed by atoms with E-state index in [9.17, 15) is 4.79 Å². The van der Waals surface area contributed by atoms with Crippen LogP contribution in [-0.4, -0.2) is 32.3 Å². The third kappa shape index (κ3) is 5.28. The van der Waals surface area contributed by atoms with E-state index in [1.54, 1.807) is 38.3 Å². The predicted molar refractivity (Wildman–Crippen MR) is 93.7 cm³/mol. The van der Waals surface area contributed by atoms with Gasteiger partial charge in [0.1, 0.15) is 18.1 Å². The second-order valence-electron chi connectivity index (χ2n) is 5.38. The van der Waals surface area contributed by atoms with Gasteiger partial charge in [-0.3, -0.25) is 4.79 Å². The summed E-state index contributed by atoms with van der Waals surface area (Å²) in [5.74, 6) is 1.24. The van der Waals surface area contributed by atoms with Crippen molar-refractivity contribution in [1.82, 2.24) is 0 Å². The molecule has 1 atom stereocenters. The summed E-state index contributed by atoms with van der Waals surface area (Å²) in [6.45, 7) is 4.70. The highest BCUT2D eigenvalue weighted by Gasteiger charge is 2.15. The Kier molecular flexibility index (Phi) is 6.63. The average molecular weight is 329 g/mol. The van der Waals surface area contributed by atoms with Crippen molar-refractivity contribution in [2.45, 2.75) is 20.0 Å². The molecule has 0 aliphatic rings. The number of hydrogen-bond acceptors (Lipinski definition) is 4. The average Bonchev–Trinajstić information content (AvgIpc) is 2.58. The van der Waals surface area contributed by atoms with Gasteiger partial charge in [0.2, 0.25) is 0 Å². The van der Waals surface area contributed by atoms with Crippen molar-refractivity contribution in [2.75, 3.05) is 25.6 Å². The molecule has 0 aromatic heterocycles. The summed E-state index contributed by atoms with van der Waals surface area (Å²) in [6.07, 6.45) is -0.594. The van der Waals surface area contributed by atoms with E-state index in [-0.39, 0.29) is 5.91 Å². The number of aryl methyl sites for hydroxylation is 1. The Bertz CT molecular complexity index is 655. The van der Waals surface area contributed by atoms with E-state index >= 15 is 0 Å². The molecule has 1 N–H and O–H groups in total. The third-order valence-electron chi connectivity index (χ3n) is 3.44. The number of nitrogens with one attached hydrogen (secondary N) is 1. The first-order chi connectivity index (χ1) is 11.6. The molecule has 0 aliphatic heterocycles. The van der Waals surface area contributed by atoms with Crippen LogP contribution < -0.4 is 14.8 Å². The number of hydrogen-bond donors (Lipinski definition) is 1. The van der Waals surface area contributed by atoms with E-state index in [1.807, 2.05) is 31.2 Å². The van der Waals surface area contributed by atoms with Gasteiger partial charge in [0.15, 0.2) is 6.10 Å². The molecule has 0 aliphatic carbocycles. The summed E-state index contributed by atoms with van der Waals surface area (Å²) in [5.41, 5.74) is 1.69. The maximum absolute atomic E-state index is 12.2. The molecular formula is C19H23NO4. The van der Waals surface area contributed by atoms with E-state index in [0.29, 0.717) is 24.7 Å². The molecule has 5 heteroatoms. The largest absolute Gasteiger partial charge is 0.491 e. The molecule has 0 saturated heterocycles. The normalized spacial score (nSPS) is 11.6. The van der Waals surface area contributed by atoms with E-state index in [0.717, 1.165) is 11.3 Å². The fourth-order valence-electron chi connectivity index (χ4n) is 2.05. The van der Waals surface area contributed by atoms with Gasteiger partial charge in [-0.1, -0.05) is 18.2 Å². The number of benzene rings is 2. The molecule has 0 bridgehead atoms. The molecule has 0 spiro atoms. The number of carbonyl (C=O) groups is 1. The van der Waals surface area contributed by atoms with Crippen molar-refractivity contribution in [3.05, 3.63) is 54.1 Å². The minimum absolute atomic E-state index is 0.202. The number of rotatable bonds is 8. The highest BCUT2D eigenvalue weighted by Crippen LogP contribution is 2.19. The first-order valence-corrected chi connectivity index (χ1v) is 7.85. The van der Waals surface area contributed by atoms with Gasteiger partial charge in [0.05, 0.1) is 6.61 Å². The van der Waals surface area contributed by atoms with Crippen molar-refractivity contribution in [2.24, 2.45) is 0 Å². The molecule has 5 nitrogen and oxygen atoms in total. The Morgan fingerprint density at radius 2 is 1.79 bits per heavy atom. The molecule has 128 valence electrons. The Hall–Kier alpha value is -2.53. The molecule has 0 fully saturated rings. The molecule has 24 heavy (non-hydrogen) atoms. The Balaban J connectivity index is 1.88. The molecule has 0 saturated carbocycles. The van der Waals surface area contributed by atoms with E-state index in [2.05, 4.69) is 5.32 Å². The van der Waals surface area contributed by atoms with Crippen molar-refractivity contribution in [3.8, 4) is 11.5 Å². The lowest BCUT2D eigenvalue weighted by Crippen LogP contribution is -2.30. The fraction of sp³-hybridized carbons (Fsp3) is 0.316. The molecular weight excluding hydrogens is 306 g/mol. The van der Waals surface area contributed by atoms with Gasteiger partial charge in [-0.25, -0.2) is 0 Å². The standard InChI is InChI=1S/C19H23NO4/c1-14-6-4-5-7-18(14)24-15(2)19(21)20-16-8-10-17(11-9-16)23-13-12-22-3/h4-11,15H,12-13H2,1-3H3,(H,20,21). The lowest BCUT2D eigenvalue weighted by atomic mass is 10.2. The van der Waals surface area contributed by atoms with Crippen molar-refractivity contribution >= 4 is 11.6 Å². The number of para-hydroxylation sites is 1. The van der Waals surface area contributed by atoms with Crippen LogP contribution in [-0.2, 0) is 9.53 Å². The quantitative estimate of drug-likeness (QED) is 0.754. The zero-order chi connectivity index (χ0) is 17.4. The Morgan fingerprint density at radius 3 is 2.46 bits per heavy atom. The lowest BCUT2D eigenvalue weighted by molar-refractivity contribution is -0.122. The van der Waals surface area contributed by atoms with E-state index < -0.39 is 6.10 Å². The Morgan fingerprint density at radius 1 is 1.08 bits per heavy atom. The zero-order valence-electron chi connectivity index (χ0n) is 14.2. The van der Waals surface area contributed by atoms with E-state index in [4.69, 9.17) is 14.2 Å². The molecule has 2 rings (SSSR count). The first-order valence-electron chi connectivity index (χ1n) is 7.85. The van der Waals surface area contributed by atoms with Crippen LogP contribution in [0.1, 0.15) is 12.5 Å². The highest BCUT2D eigenvalue weighted by molar-refractivity contribution is 5.94. The summed E-state index contributed by atoms with van der Waals surface area (Å²) >= 11 is 0. The topological polar surface area (TPSA) is 56.8 Å². The van der Waals surface area contributed by atoms with Gasteiger partial charge in [-0.05, 0) is 49.7 Å². The number of carbonyl (C=O) groups excluding carboxylic acids is 1. The van der Waals surface area contributed by atoms with Crippen LogP contribution in [0.15, 0.2) is 48.5 Å². The van der Waals surface area contributed by atoms with Crippen molar-refractivity contribution in [3.63, 3.8) is 0 Å².